The second kappa shape index (κ2) is 16.6. The molecule has 0 aliphatic carbocycles. The van der Waals surface area contributed by atoms with E-state index in [-0.39, 0.29) is 30.0 Å². The van der Waals surface area contributed by atoms with Crippen LogP contribution in [0.25, 0.3) is 0 Å². The first kappa shape index (κ1) is 30.1. The highest BCUT2D eigenvalue weighted by molar-refractivity contribution is 8.13. The third-order valence-corrected chi connectivity index (χ3v) is 6.79. The van der Waals surface area contributed by atoms with E-state index in [9.17, 15) is 5.11 Å². The van der Waals surface area contributed by atoms with E-state index in [0.717, 1.165) is 68.6 Å². The minimum atomic E-state index is 0. The van der Waals surface area contributed by atoms with Gasteiger partial charge in [-0.2, -0.15) is 4.99 Å². The number of thioether (sulfide) groups is 1. The summed E-state index contributed by atoms with van der Waals surface area (Å²) < 4.78 is 0. The van der Waals surface area contributed by atoms with Gasteiger partial charge < -0.3 is 10.0 Å². The van der Waals surface area contributed by atoms with Crippen LogP contribution in [-0.2, 0) is 13.0 Å². The molecular formula is C25H37Cl3N3OS+. The summed E-state index contributed by atoms with van der Waals surface area (Å²) in [4.78, 5) is 8.13. The van der Waals surface area contributed by atoms with Crippen molar-refractivity contribution in [2.45, 2.75) is 39.2 Å². The summed E-state index contributed by atoms with van der Waals surface area (Å²) in [5.41, 5.74) is 3.62. The molecule has 0 unspecified atom stereocenters. The first-order valence-electron chi connectivity index (χ1n) is 11.4. The maximum Gasteiger partial charge on any atom is 0.402 e. The number of benzene rings is 2. The van der Waals surface area contributed by atoms with Gasteiger partial charge in [0.1, 0.15) is 0 Å². The lowest BCUT2D eigenvalue weighted by Crippen LogP contribution is -2.65. The van der Waals surface area contributed by atoms with Gasteiger partial charge in [0.25, 0.3) is 0 Å². The number of unbranched alkanes of at least 4 members (excludes halogenated alkanes) is 1. The molecule has 8 heteroatoms. The van der Waals surface area contributed by atoms with Crippen LogP contribution < -0.4 is 4.99 Å². The van der Waals surface area contributed by atoms with Gasteiger partial charge in [0.15, 0.2) is 0 Å². The minimum absolute atomic E-state index is 0. The number of nitrogens with one attached hydrogen (secondary N) is 1. The predicted octanol–water partition coefficient (Wildman–Crippen LogP) is 5.09. The summed E-state index contributed by atoms with van der Waals surface area (Å²) in [5.74, 6) is 0.915. The molecule has 1 saturated heterocycles. The summed E-state index contributed by atoms with van der Waals surface area (Å²) in [5, 5.41) is 11.3. The second-order valence-electron chi connectivity index (χ2n) is 8.18. The Balaban J connectivity index is 0.00000272. The van der Waals surface area contributed by atoms with E-state index in [1.54, 1.807) is 0 Å². The van der Waals surface area contributed by atoms with Gasteiger partial charge in [0.2, 0.25) is 5.69 Å². The van der Waals surface area contributed by atoms with Crippen LogP contribution in [0.3, 0.4) is 0 Å². The fourth-order valence-electron chi connectivity index (χ4n) is 3.77. The number of piperazine rings is 1. The summed E-state index contributed by atoms with van der Waals surface area (Å²) >= 11 is 7.47. The Morgan fingerprint density at radius 1 is 0.909 bits per heavy atom. The Hall–Kier alpha value is -0.950. The SMILES string of the molecule is CCCCc1ccc([NH+]=C(O)SCCCN2CCN(Cc3ccc(Cl)cc3)CC2)cc1.Cl.Cl. The largest absolute Gasteiger partial charge is 0.455 e. The van der Waals surface area contributed by atoms with Crippen LogP contribution in [0.4, 0.5) is 5.69 Å². The average molecular weight is 534 g/mol. The molecule has 0 saturated carbocycles. The molecule has 184 valence electrons. The Bertz CT molecular complexity index is 811. The van der Waals surface area contributed by atoms with Crippen LogP contribution in [0.5, 0.6) is 0 Å². The lowest BCUT2D eigenvalue weighted by molar-refractivity contribution is -0.360. The third kappa shape index (κ3) is 11.3. The molecule has 33 heavy (non-hydrogen) atoms. The normalized spacial score (nSPS) is 15.0. The molecule has 2 aromatic rings. The molecule has 0 spiro atoms. The highest BCUT2D eigenvalue weighted by atomic mass is 35.5. The number of aliphatic hydroxyl groups is 1. The van der Waals surface area contributed by atoms with Crippen LogP contribution in [0.2, 0.25) is 5.02 Å². The summed E-state index contributed by atoms with van der Waals surface area (Å²) in [7, 11) is 0. The highest BCUT2D eigenvalue weighted by Crippen LogP contribution is 2.13. The Kier molecular flexibility index (Phi) is 15.2. The van der Waals surface area contributed by atoms with Crippen molar-refractivity contribution in [3.8, 4) is 0 Å². The molecule has 0 bridgehead atoms. The van der Waals surface area contributed by atoms with Crippen LogP contribution in [0.1, 0.15) is 37.3 Å². The van der Waals surface area contributed by atoms with E-state index in [2.05, 4.69) is 46.0 Å². The van der Waals surface area contributed by atoms with E-state index < -0.39 is 0 Å². The van der Waals surface area contributed by atoms with E-state index in [1.807, 2.05) is 24.3 Å². The maximum absolute atomic E-state index is 10.2. The van der Waals surface area contributed by atoms with Gasteiger partial charge in [0.05, 0.1) is 0 Å². The molecule has 1 heterocycles. The standard InChI is InChI=1S/C25H34ClN3OS.2ClH/c1-2-3-5-21-8-12-24(13-9-21)27-25(30)31-19-4-14-28-15-17-29(18-16-28)20-22-6-10-23(26)11-7-22;;/h6-13H,2-5,14-20H2,1H3,(H,27,30);2*1H/p+1. The van der Waals surface area contributed by atoms with Crippen molar-refractivity contribution in [3.63, 3.8) is 0 Å². The van der Waals surface area contributed by atoms with Gasteiger partial charge in [-0.25, -0.2) is 0 Å². The highest BCUT2D eigenvalue weighted by Gasteiger charge is 2.17. The number of hydrogen-bond donors (Lipinski definition) is 2. The summed E-state index contributed by atoms with van der Waals surface area (Å²) in [6.07, 6.45) is 4.63. The maximum atomic E-state index is 10.2. The average Bonchev–Trinajstić information content (AvgIpc) is 2.79. The van der Waals surface area contributed by atoms with Gasteiger partial charge in [-0.3, -0.25) is 4.90 Å². The molecular weight excluding hydrogens is 497 g/mol. The zero-order chi connectivity index (χ0) is 21.9. The van der Waals surface area contributed by atoms with Crippen molar-refractivity contribution >= 4 is 59.1 Å². The molecule has 1 fully saturated rings. The number of aliphatic hydroxyl groups excluding tert-OH is 1. The Morgan fingerprint density at radius 3 is 2.15 bits per heavy atom. The van der Waals surface area contributed by atoms with Crippen molar-refractivity contribution < 1.29 is 10.1 Å². The smallest absolute Gasteiger partial charge is 0.402 e. The van der Waals surface area contributed by atoms with E-state index in [4.69, 9.17) is 11.6 Å². The molecule has 0 atom stereocenters. The van der Waals surface area contributed by atoms with Crippen LogP contribution in [0, 0.1) is 0 Å². The first-order chi connectivity index (χ1) is 15.1. The lowest BCUT2D eigenvalue weighted by Gasteiger charge is -2.34. The topological polar surface area (TPSA) is 40.7 Å². The monoisotopic (exact) mass is 532 g/mol. The predicted molar refractivity (Wildman–Crippen MR) is 148 cm³/mol. The van der Waals surface area contributed by atoms with Gasteiger partial charge in [-0.05, 0) is 60.8 Å². The molecule has 0 aromatic heterocycles. The number of aryl methyl sites for hydroxylation is 1. The summed E-state index contributed by atoms with van der Waals surface area (Å²) in [6, 6.07) is 16.5. The third-order valence-electron chi connectivity index (χ3n) is 5.67. The van der Waals surface area contributed by atoms with E-state index >= 15 is 0 Å². The Morgan fingerprint density at radius 2 is 1.52 bits per heavy atom. The number of halogens is 3. The zero-order valence-corrected chi connectivity index (χ0v) is 22.5. The van der Waals surface area contributed by atoms with Gasteiger partial charge in [0, 0.05) is 55.6 Å². The summed E-state index contributed by atoms with van der Waals surface area (Å²) in [6.45, 7) is 8.71. The van der Waals surface area contributed by atoms with E-state index in [0.29, 0.717) is 0 Å². The van der Waals surface area contributed by atoms with Gasteiger partial charge >= 0.3 is 5.23 Å². The van der Waals surface area contributed by atoms with Crippen molar-refractivity contribution in [2.75, 3.05) is 38.5 Å². The fraction of sp³-hybridized carbons (Fsp3) is 0.480. The van der Waals surface area contributed by atoms with Crippen molar-refractivity contribution in [1.82, 2.24) is 9.80 Å². The Labute approximate surface area is 220 Å². The lowest BCUT2D eigenvalue weighted by atomic mass is 10.1. The number of hydrogen-bond acceptors (Lipinski definition) is 3. The molecule has 4 nitrogen and oxygen atoms in total. The molecule has 0 radical (unpaired) electrons. The van der Waals surface area contributed by atoms with Crippen LogP contribution in [0.15, 0.2) is 48.5 Å². The fourth-order valence-corrected chi connectivity index (χ4v) is 4.55. The first-order valence-corrected chi connectivity index (χ1v) is 12.7. The molecule has 1 aliphatic heterocycles. The van der Waals surface area contributed by atoms with Crippen molar-refractivity contribution in [2.24, 2.45) is 0 Å². The number of nitrogens with zero attached hydrogens (tertiary/aromatic N) is 2. The van der Waals surface area contributed by atoms with Gasteiger partial charge in [-0.15, -0.1) is 24.8 Å². The van der Waals surface area contributed by atoms with Gasteiger partial charge in [-0.1, -0.05) is 49.2 Å². The second-order valence-corrected chi connectivity index (χ2v) is 9.70. The van der Waals surface area contributed by atoms with Crippen molar-refractivity contribution in [3.05, 3.63) is 64.7 Å². The molecule has 2 aromatic carbocycles. The minimum Gasteiger partial charge on any atom is -0.455 e. The van der Waals surface area contributed by atoms with Crippen molar-refractivity contribution in [1.29, 1.82) is 0 Å². The molecule has 0 amide bonds. The quantitative estimate of drug-likeness (QED) is 0.253. The molecule has 1 aliphatic rings. The van der Waals surface area contributed by atoms with E-state index in [1.165, 1.54) is 35.7 Å². The van der Waals surface area contributed by atoms with Crippen LogP contribution in [-0.4, -0.2) is 58.6 Å². The van der Waals surface area contributed by atoms with Crippen LogP contribution >= 0.6 is 48.2 Å². The molecule has 2 N–H and O–H groups in total. The zero-order valence-electron chi connectivity index (χ0n) is 19.3. The molecule has 3 rings (SSSR count). The number of rotatable bonds is 10.